The number of pyridine rings is 1. The van der Waals surface area contributed by atoms with E-state index in [4.69, 9.17) is 23.2 Å². The molecule has 6 atom stereocenters. The summed E-state index contributed by atoms with van der Waals surface area (Å²) >= 11 is 12.4. The molecular formula is C34H27Cl2F3N4O5. The zero-order valence-electron chi connectivity index (χ0n) is 25.2. The van der Waals surface area contributed by atoms with Crippen LogP contribution in [0.25, 0.3) is 0 Å². The molecule has 0 bridgehead atoms. The Hall–Kier alpha value is -4.42. The van der Waals surface area contributed by atoms with Crippen molar-refractivity contribution in [3.63, 3.8) is 0 Å². The van der Waals surface area contributed by atoms with Gasteiger partial charge in [-0.3, -0.25) is 29.5 Å². The van der Waals surface area contributed by atoms with Crippen LogP contribution >= 0.6 is 23.2 Å². The Morgan fingerprint density at radius 2 is 1.71 bits per heavy atom. The summed E-state index contributed by atoms with van der Waals surface area (Å²) in [6.45, 7) is 1.89. The maximum atomic E-state index is 15.0. The molecule has 2 N–H and O–H groups in total. The number of hydrazine groups is 1. The van der Waals surface area contributed by atoms with E-state index < -0.39 is 63.6 Å². The number of alkyl halides is 3. The Labute approximate surface area is 282 Å². The molecule has 4 aliphatic rings. The molecular weight excluding hydrogens is 672 g/mol. The Morgan fingerprint density at radius 1 is 1.00 bits per heavy atom. The second-order valence-corrected chi connectivity index (χ2v) is 13.2. The Kier molecular flexibility index (Phi) is 7.59. The molecule has 4 amide bonds. The number of benzene rings is 2. The predicted molar refractivity (Wildman–Crippen MR) is 167 cm³/mol. The third kappa shape index (κ3) is 4.56. The van der Waals surface area contributed by atoms with Gasteiger partial charge in [0.1, 0.15) is 5.75 Å². The molecule has 48 heavy (non-hydrogen) atoms. The van der Waals surface area contributed by atoms with Gasteiger partial charge in [-0.2, -0.15) is 18.2 Å². The molecule has 14 heteroatoms. The van der Waals surface area contributed by atoms with Gasteiger partial charge in [0, 0.05) is 29.2 Å². The number of likely N-dealkylation sites (tertiary alicyclic amines) is 1. The van der Waals surface area contributed by atoms with Gasteiger partial charge in [-0.15, -0.1) is 0 Å². The van der Waals surface area contributed by atoms with E-state index in [2.05, 4.69) is 10.4 Å². The maximum Gasteiger partial charge on any atom is 0.417 e. The summed E-state index contributed by atoms with van der Waals surface area (Å²) in [6, 6.07) is 13.4. The van der Waals surface area contributed by atoms with E-state index in [1.165, 1.54) is 11.0 Å². The van der Waals surface area contributed by atoms with Crippen LogP contribution in [0.1, 0.15) is 42.4 Å². The fourth-order valence-corrected chi connectivity index (χ4v) is 8.57. The molecule has 6 unspecified atom stereocenters. The van der Waals surface area contributed by atoms with Gasteiger partial charge in [-0.25, -0.2) is 4.98 Å². The molecule has 0 spiro atoms. The Bertz CT molecular complexity index is 1920. The van der Waals surface area contributed by atoms with E-state index in [9.17, 15) is 32.7 Å². The molecule has 7 rings (SSSR count). The summed E-state index contributed by atoms with van der Waals surface area (Å²) in [6.07, 6.45) is -2.14. The van der Waals surface area contributed by atoms with Crippen LogP contribution in [0.5, 0.6) is 5.75 Å². The predicted octanol–water partition coefficient (Wildman–Crippen LogP) is 6.12. The summed E-state index contributed by atoms with van der Waals surface area (Å²) in [7, 11) is 0. The van der Waals surface area contributed by atoms with Gasteiger partial charge in [-0.05, 0) is 55.5 Å². The van der Waals surface area contributed by atoms with Gasteiger partial charge < -0.3 is 5.11 Å². The van der Waals surface area contributed by atoms with Gasteiger partial charge >= 0.3 is 6.18 Å². The number of hydrogen-bond donors (Lipinski definition) is 2. The zero-order chi connectivity index (χ0) is 34.3. The highest BCUT2D eigenvalue weighted by atomic mass is 35.5. The van der Waals surface area contributed by atoms with Crippen LogP contribution < -0.4 is 5.43 Å². The molecule has 1 saturated carbocycles. The summed E-state index contributed by atoms with van der Waals surface area (Å²) < 4.78 is 40.0. The number of para-hydroxylation sites is 1. The first kappa shape index (κ1) is 32.1. The smallest absolute Gasteiger partial charge is 0.417 e. The van der Waals surface area contributed by atoms with E-state index in [0.717, 1.165) is 0 Å². The number of halogens is 5. The minimum Gasteiger partial charge on any atom is -0.508 e. The molecule has 248 valence electrons. The van der Waals surface area contributed by atoms with E-state index in [1.807, 2.05) is 6.08 Å². The van der Waals surface area contributed by atoms with Crippen molar-refractivity contribution in [2.75, 3.05) is 12.0 Å². The minimum absolute atomic E-state index is 0.00672. The van der Waals surface area contributed by atoms with E-state index >= 15 is 4.79 Å². The molecule has 1 aromatic heterocycles. The SMILES string of the molecule is CCN1C(=O)C2CC=C3C(CC4C(=O)N(Nc5ncc(C(F)(F)F)cc5Cl)C(=O)C4(c4ccc(Cl)cc4)C3c3ccccc3O)C2C1=O. The highest BCUT2D eigenvalue weighted by Crippen LogP contribution is 2.64. The molecule has 9 nitrogen and oxygen atoms in total. The van der Waals surface area contributed by atoms with Crippen molar-refractivity contribution in [2.24, 2.45) is 23.7 Å². The monoisotopic (exact) mass is 698 g/mol. The fourth-order valence-electron chi connectivity index (χ4n) is 8.24. The molecule has 2 saturated heterocycles. The van der Waals surface area contributed by atoms with E-state index in [-0.39, 0.29) is 42.8 Å². The van der Waals surface area contributed by atoms with Crippen molar-refractivity contribution < 1.29 is 37.5 Å². The molecule has 3 heterocycles. The number of rotatable bonds is 5. The lowest BCUT2D eigenvalue weighted by atomic mass is 9.49. The number of nitrogens with zero attached hydrogens (tertiary/aromatic N) is 3. The van der Waals surface area contributed by atoms with Crippen molar-refractivity contribution in [2.45, 2.75) is 37.3 Å². The number of phenolic OH excluding ortho intramolecular Hbond substituents is 1. The standard InChI is InChI=1S/C34H27Cl2F3N4O5/c1-2-42-29(45)21-12-11-19-22(26(21)31(42)47)14-23-30(46)43(41-28-24(36)13-17(15-40-28)34(37,38)39)32(48)33(23,16-7-9-18(35)10-8-16)27(19)20-5-3-4-6-25(20)44/h3-11,13,15,21-23,26-27,44H,2,12,14H2,1H3,(H,40,41). The van der Waals surface area contributed by atoms with Crippen LogP contribution in [0.4, 0.5) is 19.0 Å². The van der Waals surface area contributed by atoms with Crippen molar-refractivity contribution in [3.05, 3.63) is 99.2 Å². The number of aromatic nitrogens is 1. The highest BCUT2D eigenvalue weighted by molar-refractivity contribution is 6.33. The maximum absolute atomic E-state index is 15.0. The van der Waals surface area contributed by atoms with Gasteiger partial charge in [0.15, 0.2) is 5.82 Å². The first-order valence-electron chi connectivity index (χ1n) is 15.3. The van der Waals surface area contributed by atoms with Crippen LogP contribution in [-0.2, 0) is 30.8 Å². The number of nitrogens with one attached hydrogen (secondary N) is 1. The van der Waals surface area contributed by atoms with Gasteiger partial charge in [0.2, 0.25) is 11.8 Å². The lowest BCUT2D eigenvalue weighted by Gasteiger charge is -2.50. The molecule has 0 radical (unpaired) electrons. The molecule has 2 aliphatic carbocycles. The van der Waals surface area contributed by atoms with Gasteiger partial charge in [-0.1, -0.05) is 65.2 Å². The quantitative estimate of drug-likeness (QED) is 0.244. The van der Waals surface area contributed by atoms with Crippen LogP contribution in [0.15, 0.2) is 72.4 Å². The van der Waals surface area contributed by atoms with Crippen molar-refractivity contribution in [1.29, 1.82) is 0 Å². The summed E-state index contributed by atoms with van der Waals surface area (Å²) in [5.74, 6) is -6.89. The fraction of sp³-hybridized carbons (Fsp3) is 0.324. The lowest BCUT2D eigenvalue weighted by Crippen LogP contribution is -2.53. The highest BCUT2D eigenvalue weighted by Gasteiger charge is 2.70. The van der Waals surface area contributed by atoms with Crippen LogP contribution in [0.3, 0.4) is 0 Å². The third-order valence-electron chi connectivity index (χ3n) is 10.2. The summed E-state index contributed by atoms with van der Waals surface area (Å²) in [5, 5.41) is 11.9. The third-order valence-corrected chi connectivity index (χ3v) is 10.8. The van der Waals surface area contributed by atoms with E-state index in [1.54, 1.807) is 49.4 Å². The number of imide groups is 2. The number of anilines is 1. The second-order valence-electron chi connectivity index (χ2n) is 12.4. The number of amides is 4. The molecule has 3 aromatic rings. The van der Waals surface area contributed by atoms with Crippen molar-refractivity contribution >= 4 is 52.6 Å². The van der Waals surface area contributed by atoms with Crippen molar-refractivity contribution in [3.8, 4) is 5.75 Å². The van der Waals surface area contributed by atoms with Crippen LogP contribution in [0.2, 0.25) is 10.0 Å². The normalized spacial score (nSPS) is 28.3. The number of aromatic hydroxyl groups is 1. The first-order valence-corrected chi connectivity index (χ1v) is 16.0. The largest absolute Gasteiger partial charge is 0.508 e. The minimum atomic E-state index is -4.73. The summed E-state index contributed by atoms with van der Waals surface area (Å²) in [5.41, 5.74) is 1.09. The molecule has 2 aliphatic heterocycles. The second kappa shape index (κ2) is 11.3. The number of carbonyl (C=O) groups is 4. The number of carbonyl (C=O) groups excluding carboxylic acids is 4. The van der Waals surface area contributed by atoms with Gasteiger partial charge in [0.05, 0.1) is 33.8 Å². The average Bonchev–Trinajstić information content (AvgIpc) is 3.42. The number of allylic oxidation sites excluding steroid dienone is 2. The average molecular weight is 700 g/mol. The molecule has 3 fully saturated rings. The molecule has 2 aromatic carbocycles. The van der Waals surface area contributed by atoms with E-state index in [0.29, 0.717) is 39.0 Å². The zero-order valence-corrected chi connectivity index (χ0v) is 26.7. The van der Waals surface area contributed by atoms with Crippen LogP contribution in [-0.4, -0.2) is 50.2 Å². The lowest BCUT2D eigenvalue weighted by molar-refractivity contribution is -0.141. The topological polar surface area (TPSA) is 120 Å². The summed E-state index contributed by atoms with van der Waals surface area (Å²) in [4.78, 5) is 61.6. The Morgan fingerprint density at radius 3 is 2.35 bits per heavy atom. The van der Waals surface area contributed by atoms with Crippen molar-refractivity contribution in [1.82, 2.24) is 14.9 Å². The number of hydrogen-bond acceptors (Lipinski definition) is 7. The number of fused-ring (bicyclic) bond motifs is 4. The Balaban J connectivity index is 1.44. The van der Waals surface area contributed by atoms with Gasteiger partial charge in [0.25, 0.3) is 11.8 Å². The number of phenols is 1. The van der Waals surface area contributed by atoms with Crippen LogP contribution in [0, 0.1) is 23.7 Å². The first-order chi connectivity index (χ1) is 22.8.